The minimum absolute atomic E-state index is 0.0542. The van der Waals surface area contributed by atoms with Gasteiger partial charge in [0, 0.05) is 12.1 Å². The molecular weight excluding hydrogens is 282 g/mol. The third-order valence-electron chi connectivity index (χ3n) is 4.25. The lowest BCUT2D eigenvalue weighted by Gasteiger charge is -2.08. The molecule has 0 atom stereocenters. The van der Waals surface area contributed by atoms with Crippen molar-refractivity contribution < 1.29 is 4.79 Å². The van der Waals surface area contributed by atoms with Gasteiger partial charge in [0.05, 0.1) is 0 Å². The summed E-state index contributed by atoms with van der Waals surface area (Å²) < 4.78 is 0. The Bertz CT molecular complexity index is 851. The van der Waals surface area contributed by atoms with Crippen molar-refractivity contribution in [3.63, 3.8) is 0 Å². The van der Waals surface area contributed by atoms with Gasteiger partial charge in [-0.05, 0) is 59.9 Å². The molecule has 2 nitrogen and oxygen atoms in total. The molecule has 0 aliphatic rings. The summed E-state index contributed by atoms with van der Waals surface area (Å²) in [5.41, 5.74) is 4.63. The number of anilines is 1. The predicted molar refractivity (Wildman–Crippen MR) is 96.8 cm³/mol. The summed E-state index contributed by atoms with van der Waals surface area (Å²) in [6.45, 7) is 4.21. The topological polar surface area (TPSA) is 29.1 Å². The lowest BCUT2D eigenvalue weighted by atomic mass is 10.0. The van der Waals surface area contributed by atoms with Gasteiger partial charge in [-0.3, -0.25) is 4.79 Å². The van der Waals surface area contributed by atoms with Gasteiger partial charge in [0.2, 0.25) is 5.91 Å². The number of amides is 1. The first-order chi connectivity index (χ1) is 11.1. The average Bonchev–Trinajstić information content (AvgIpc) is 2.56. The van der Waals surface area contributed by atoms with E-state index in [4.69, 9.17) is 0 Å². The molecule has 3 aromatic carbocycles. The van der Waals surface area contributed by atoms with Crippen molar-refractivity contribution in [2.75, 3.05) is 5.32 Å². The first kappa shape index (κ1) is 15.3. The van der Waals surface area contributed by atoms with Crippen LogP contribution in [0, 0.1) is 13.8 Å². The fourth-order valence-electron chi connectivity index (χ4n) is 2.71. The minimum Gasteiger partial charge on any atom is -0.326 e. The molecule has 3 aromatic rings. The van der Waals surface area contributed by atoms with Crippen LogP contribution in [0.1, 0.15) is 23.1 Å². The largest absolute Gasteiger partial charge is 0.326 e. The van der Waals surface area contributed by atoms with Gasteiger partial charge in [0.1, 0.15) is 0 Å². The zero-order valence-corrected chi connectivity index (χ0v) is 13.6. The number of carbonyl (C=O) groups excluding carboxylic acids is 1. The van der Waals surface area contributed by atoms with Crippen LogP contribution >= 0.6 is 0 Å². The SMILES string of the molecule is Cc1ccc(CCC(=O)Nc2ccc3ccccc3c2)cc1C. The molecule has 0 aliphatic heterocycles. The van der Waals surface area contributed by atoms with E-state index < -0.39 is 0 Å². The van der Waals surface area contributed by atoms with Crippen LogP contribution in [-0.2, 0) is 11.2 Å². The molecule has 0 spiro atoms. The maximum absolute atomic E-state index is 12.2. The number of hydrogen-bond donors (Lipinski definition) is 1. The quantitative estimate of drug-likeness (QED) is 0.719. The average molecular weight is 303 g/mol. The molecule has 23 heavy (non-hydrogen) atoms. The Labute approximate surface area is 137 Å². The van der Waals surface area contributed by atoms with E-state index in [9.17, 15) is 4.79 Å². The Morgan fingerprint density at radius 3 is 2.43 bits per heavy atom. The van der Waals surface area contributed by atoms with Crippen molar-refractivity contribution >= 4 is 22.4 Å². The maximum atomic E-state index is 12.2. The molecule has 116 valence electrons. The lowest BCUT2D eigenvalue weighted by molar-refractivity contribution is -0.116. The van der Waals surface area contributed by atoms with Crippen LogP contribution in [-0.4, -0.2) is 5.91 Å². The number of rotatable bonds is 4. The number of aryl methyl sites for hydroxylation is 3. The van der Waals surface area contributed by atoms with Gasteiger partial charge in [-0.2, -0.15) is 0 Å². The molecule has 0 heterocycles. The van der Waals surface area contributed by atoms with Gasteiger partial charge in [-0.25, -0.2) is 0 Å². The lowest BCUT2D eigenvalue weighted by Crippen LogP contribution is -2.12. The van der Waals surface area contributed by atoms with Gasteiger partial charge >= 0.3 is 0 Å². The molecule has 1 N–H and O–H groups in total. The van der Waals surface area contributed by atoms with E-state index in [2.05, 4.69) is 49.5 Å². The molecule has 0 bridgehead atoms. The second kappa shape index (κ2) is 6.66. The van der Waals surface area contributed by atoms with E-state index in [1.54, 1.807) is 0 Å². The fraction of sp³-hybridized carbons (Fsp3) is 0.190. The Morgan fingerprint density at radius 1 is 0.870 bits per heavy atom. The van der Waals surface area contributed by atoms with Gasteiger partial charge in [0.25, 0.3) is 0 Å². The molecule has 1 amide bonds. The van der Waals surface area contributed by atoms with Crippen LogP contribution in [0.4, 0.5) is 5.69 Å². The van der Waals surface area contributed by atoms with E-state index in [-0.39, 0.29) is 5.91 Å². The van der Waals surface area contributed by atoms with E-state index in [1.807, 2.05) is 30.3 Å². The van der Waals surface area contributed by atoms with E-state index in [0.717, 1.165) is 17.5 Å². The second-order valence-corrected chi connectivity index (χ2v) is 6.03. The molecule has 0 unspecified atom stereocenters. The molecule has 0 aromatic heterocycles. The van der Waals surface area contributed by atoms with E-state index in [0.29, 0.717) is 6.42 Å². The summed E-state index contributed by atoms with van der Waals surface area (Å²) in [5.74, 6) is 0.0542. The predicted octanol–water partition coefficient (Wildman–Crippen LogP) is 5.03. The number of carbonyl (C=O) groups is 1. The molecule has 3 rings (SSSR count). The highest BCUT2D eigenvalue weighted by Crippen LogP contribution is 2.19. The van der Waals surface area contributed by atoms with Crippen LogP contribution in [0.2, 0.25) is 0 Å². The molecule has 0 fully saturated rings. The van der Waals surface area contributed by atoms with Crippen molar-refractivity contribution in [1.29, 1.82) is 0 Å². The van der Waals surface area contributed by atoms with Crippen molar-refractivity contribution in [2.45, 2.75) is 26.7 Å². The van der Waals surface area contributed by atoms with Gasteiger partial charge in [0.15, 0.2) is 0 Å². The summed E-state index contributed by atoms with van der Waals surface area (Å²) in [6, 6.07) is 20.5. The van der Waals surface area contributed by atoms with Gasteiger partial charge in [-0.15, -0.1) is 0 Å². The van der Waals surface area contributed by atoms with Crippen LogP contribution in [0.5, 0.6) is 0 Å². The summed E-state index contributed by atoms with van der Waals surface area (Å²) in [7, 11) is 0. The molecule has 0 aliphatic carbocycles. The number of fused-ring (bicyclic) bond motifs is 1. The van der Waals surface area contributed by atoms with Crippen LogP contribution < -0.4 is 5.32 Å². The highest BCUT2D eigenvalue weighted by Gasteiger charge is 2.05. The summed E-state index contributed by atoms with van der Waals surface area (Å²) in [6.07, 6.45) is 1.26. The van der Waals surface area contributed by atoms with Gasteiger partial charge in [-0.1, -0.05) is 48.5 Å². The smallest absolute Gasteiger partial charge is 0.224 e. The van der Waals surface area contributed by atoms with Gasteiger partial charge < -0.3 is 5.32 Å². The molecule has 0 radical (unpaired) electrons. The Hall–Kier alpha value is -2.61. The highest BCUT2D eigenvalue weighted by molar-refractivity contribution is 5.94. The van der Waals surface area contributed by atoms with Crippen molar-refractivity contribution in [3.05, 3.63) is 77.4 Å². The second-order valence-electron chi connectivity index (χ2n) is 6.03. The summed E-state index contributed by atoms with van der Waals surface area (Å²) >= 11 is 0. The Morgan fingerprint density at radius 2 is 1.65 bits per heavy atom. The first-order valence-electron chi connectivity index (χ1n) is 7.96. The normalized spacial score (nSPS) is 10.7. The fourth-order valence-corrected chi connectivity index (χ4v) is 2.71. The molecule has 0 saturated heterocycles. The summed E-state index contributed by atoms with van der Waals surface area (Å²) in [5, 5.41) is 5.31. The number of nitrogens with one attached hydrogen (secondary N) is 1. The maximum Gasteiger partial charge on any atom is 0.224 e. The monoisotopic (exact) mass is 303 g/mol. The Balaban J connectivity index is 1.62. The van der Waals surface area contributed by atoms with Crippen LogP contribution in [0.25, 0.3) is 10.8 Å². The standard InChI is InChI=1S/C21H21NO/c1-15-7-8-17(13-16(15)2)9-12-21(23)22-20-11-10-18-5-3-4-6-19(18)14-20/h3-8,10-11,13-14H,9,12H2,1-2H3,(H,22,23). The summed E-state index contributed by atoms with van der Waals surface area (Å²) in [4.78, 5) is 12.2. The Kier molecular flexibility index (Phi) is 4.42. The molecular formula is C21H21NO. The minimum atomic E-state index is 0.0542. The number of hydrogen-bond acceptors (Lipinski definition) is 1. The zero-order chi connectivity index (χ0) is 16.2. The van der Waals surface area contributed by atoms with Crippen molar-refractivity contribution in [2.24, 2.45) is 0 Å². The molecule has 0 saturated carbocycles. The van der Waals surface area contributed by atoms with Crippen molar-refractivity contribution in [3.8, 4) is 0 Å². The highest BCUT2D eigenvalue weighted by atomic mass is 16.1. The van der Waals surface area contributed by atoms with E-state index >= 15 is 0 Å². The van der Waals surface area contributed by atoms with Crippen LogP contribution in [0.3, 0.4) is 0 Å². The first-order valence-corrected chi connectivity index (χ1v) is 7.96. The van der Waals surface area contributed by atoms with Crippen molar-refractivity contribution in [1.82, 2.24) is 0 Å². The zero-order valence-electron chi connectivity index (χ0n) is 13.6. The van der Waals surface area contributed by atoms with Crippen LogP contribution in [0.15, 0.2) is 60.7 Å². The number of benzene rings is 3. The third kappa shape index (κ3) is 3.78. The molecule has 2 heteroatoms. The third-order valence-corrected chi connectivity index (χ3v) is 4.25. The van der Waals surface area contributed by atoms with E-state index in [1.165, 1.54) is 22.1 Å².